The fraction of sp³-hybridized carbons (Fsp3) is 0.588. The van der Waals surface area contributed by atoms with E-state index >= 15 is 0 Å². The highest BCUT2D eigenvalue weighted by Gasteiger charge is 2.34. The van der Waals surface area contributed by atoms with Crippen molar-refractivity contribution in [3.05, 3.63) is 35.7 Å². The Hall–Kier alpha value is -0.730. The summed E-state index contributed by atoms with van der Waals surface area (Å²) in [6.45, 7) is 9.31. The van der Waals surface area contributed by atoms with Crippen LogP contribution >= 0.6 is 11.6 Å². The molecule has 1 saturated heterocycles. The van der Waals surface area contributed by atoms with Crippen molar-refractivity contribution in [3.8, 4) is 5.75 Å². The molecule has 2 nitrogen and oxygen atoms in total. The van der Waals surface area contributed by atoms with Gasteiger partial charge in [0.25, 0.3) is 0 Å². The van der Waals surface area contributed by atoms with Crippen molar-refractivity contribution in [2.75, 3.05) is 13.7 Å². The summed E-state index contributed by atoms with van der Waals surface area (Å²) >= 11 is 6.06. The summed E-state index contributed by atoms with van der Waals surface area (Å²) in [5.74, 6) is 1.84. The first-order valence-electron chi connectivity index (χ1n) is 7.23. The standard InChI is InChI=1S/C17H24ClO2/c1-5-14(12-8-9-20-17(2,3)11-12)15-7-6-13(18)10-16(15)19-4/h6-7,10,12,14H,1,5,8-9,11H2,2-4H3/t12-,14+/m1/s1. The molecule has 20 heavy (non-hydrogen) atoms. The first-order valence-corrected chi connectivity index (χ1v) is 7.61. The van der Waals surface area contributed by atoms with Gasteiger partial charge in [0, 0.05) is 11.6 Å². The number of ether oxygens (including phenoxy) is 2. The number of hydrogen-bond donors (Lipinski definition) is 0. The third-order valence-electron chi connectivity index (χ3n) is 4.21. The first-order chi connectivity index (χ1) is 9.46. The molecule has 2 rings (SSSR count). The Morgan fingerprint density at radius 1 is 1.50 bits per heavy atom. The minimum Gasteiger partial charge on any atom is -0.496 e. The predicted molar refractivity (Wildman–Crippen MR) is 83.5 cm³/mol. The molecule has 0 amide bonds. The van der Waals surface area contributed by atoms with E-state index in [1.54, 1.807) is 7.11 Å². The number of hydrogen-bond acceptors (Lipinski definition) is 2. The third kappa shape index (κ3) is 3.48. The van der Waals surface area contributed by atoms with E-state index in [1.165, 1.54) is 5.56 Å². The van der Waals surface area contributed by atoms with Crippen LogP contribution in [0.5, 0.6) is 5.75 Å². The molecule has 1 fully saturated rings. The lowest BCUT2D eigenvalue weighted by Crippen LogP contribution is -2.36. The Morgan fingerprint density at radius 2 is 2.25 bits per heavy atom. The second-order valence-corrected chi connectivity index (χ2v) is 6.58. The van der Waals surface area contributed by atoms with E-state index in [2.05, 4.69) is 26.8 Å². The van der Waals surface area contributed by atoms with Crippen molar-refractivity contribution in [1.29, 1.82) is 0 Å². The molecule has 1 aliphatic rings. The summed E-state index contributed by atoms with van der Waals surface area (Å²) in [5, 5.41) is 0.709. The van der Waals surface area contributed by atoms with Crippen LogP contribution in [0.15, 0.2) is 18.2 Å². The lowest BCUT2D eigenvalue weighted by molar-refractivity contribution is -0.0768. The van der Waals surface area contributed by atoms with Crippen LogP contribution in [-0.2, 0) is 4.74 Å². The summed E-state index contributed by atoms with van der Waals surface area (Å²) in [6, 6.07) is 5.91. The topological polar surface area (TPSA) is 18.5 Å². The quantitative estimate of drug-likeness (QED) is 0.789. The third-order valence-corrected chi connectivity index (χ3v) is 4.45. The van der Waals surface area contributed by atoms with Crippen LogP contribution in [-0.4, -0.2) is 19.3 Å². The lowest BCUT2D eigenvalue weighted by Gasteiger charge is -2.39. The molecule has 111 valence electrons. The largest absolute Gasteiger partial charge is 0.496 e. The normalized spacial score (nSPS) is 23.4. The summed E-state index contributed by atoms with van der Waals surface area (Å²) < 4.78 is 11.3. The maximum Gasteiger partial charge on any atom is 0.123 e. The van der Waals surface area contributed by atoms with Gasteiger partial charge in [-0.2, -0.15) is 0 Å². The first kappa shape index (κ1) is 15.7. The maximum absolute atomic E-state index is 6.06. The van der Waals surface area contributed by atoms with E-state index in [1.807, 2.05) is 12.1 Å². The van der Waals surface area contributed by atoms with E-state index in [9.17, 15) is 0 Å². The summed E-state index contributed by atoms with van der Waals surface area (Å²) in [7, 11) is 1.70. The SMILES string of the molecule is [CH2]C[C@H](c1ccc(Cl)cc1OC)[C@@H]1CCOC(C)(C)C1. The Morgan fingerprint density at radius 3 is 2.85 bits per heavy atom. The number of benzene rings is 1. The van der Waals surface area contributed by atoms with E-state index < -0.39 is 0 Å². The van der Waals surface area contributed by atoms with Gasteiger partial charge in [-0.1, -0.05) is 24.6 Å². The smallest absolute Gasteiger partial charge is 0.123 e. The molecule has 0 bridgehead atoms. The summed E-state index contributed by atoms with van der Waals surface area (Å²) in [5.41, 5.74) is 1.17. The number of halogens is 1. The Labute approximate surface area is 127 Å². The fourth-order valence-corrected chi connectivity index (χ4v) is 3.42. The van der Waals surface area contributed by atoms with Gasteiger partial charge in [0.2, 0.25) is 0 Å². The molecule has 3 heteroatoms. The molecule has 0 spiro atoms. The van der Waals surface area contributed by atoms with Gasteiger partial charge in [-0.25, -0.2) is 0 Å². The van der Waals surface area contributed by atoms with E-state index in [-0.39, 0.29) is 5.60 Å². The molecule has 0 N–H and O–H groups in total. The highest BCUT2D eigenvalue weighted by Crippen LogP contribution is 2.43. The van der Waals surface area contributed by atoms with Crippen LogP contribution in [0.1, 0.15) is 44.6 Å². The van der Waals surface area contributed by atoms with E-state index in [4.69, 9.17) is 21.1 Å². The van der Waals surface area contributed by atoms with Crippen molar-refractivity contribution in [1.82, 2.24) is 0 Å². The predicted octanol–water partition coefficient (Wildman–Crippen LogP) is 4.86. The van der Waals surface area contributed by atoms with E-state index in [0.29, 0.717) is 16.9 Å². The number of methoxy groups -OCH3 is 1. The second kappa shape index (κ2) is 6.36. The van der Waals surface area contributed by atoms with Crippen LogP contribution in [0.2, 0.25) is 5.02 Å². The summed E-state index contributed by atoms with van der Waals surface area (Å²) in [4.78, 5) is 0. The van der Waals surface area contributed by atoms with Gasteiger partial charge in [0.1, 0.15) is 5.75 Å². The summed E-state index contributed by atoms with van der Waals surface area (Å²) in [6.07, 6.45) is 2.99. The molecule has 1 aliphatic heterocycles. The van der Waals surface area contributed by atoms with Crippen molar-refractivity contribution in [2.45, 2.75) is 44.6 Å². The second-order valence-electron chi connectivity index (χ2n) is 6.14. The molecule has 0 aliphatic carbocycles. The fourth-order valence-electron chi connectivity index (χ4n) is 3.26. The van der Waals surface area contributed by atoms with Gasteiger partial charge in [-0.3, -0.25) is 0 Å². The highest BCUT2D eigenvalue weighted by molar-refractivity contribution is 6.30. The molecule has 1 heterocycles. The molecule has 1 aromatic carbocycles. The van der Waals surface area contributed by atoms with Crippen molar-refractivity contribution >= 4 is 11.6 Å². The van der Waals surface area contributed by atoms with Crippen LogP contribution in [0.3, 0.4) is 0 Å². The molecule has 2 atom stereocenters. The molecule has 0 unspecified atom stereocenters. The molecule has 1 aromatic rings. The molecule has 0 saturated carbocycles. The van der Waals surface area contributed by atoms with Crippen LogP contribution in [0.4, 0.5) is 0 Å². The van der Waals surface area contributed by atoms with Crippen molar-refractivity contribution < 1.29 is 9.47 Å². The van der Waals surface area contributed by atoms with Gasteiger partial charge in [-0.15, -0.1) is 0 Å². The monoisotopic (exact) mass is 295 g/mol. The van der Waals surface area contributed by atoms with Crippen LogP contribution < -0.4 is 4.74 Å². The molecular formula is C17H24ClO2. The zero-order chi connectivity index (χ0) is 14.8. The highest BCUT2D eigenvalue weighted by atomic mass is 35.5. The van der Waals surface area contributed by atoms with Crippen LogP contribution in [0, 0.1) is 12.8 Å². The van der Waals surface area contributed by atoms with Gasteiger partial charge in [0.05, 0.1) is 12.7 Å². The van der Waals surface area contributed by atoms with Gasteiger partial charge in [-0.05, 0) is 62.6 Å². The molecule has 1 radical (unpaired) electrons. The Kier molecular flexibility index (Phi) is 4.98. The van der Waals surface area contributed by atoms with E-state index in [0.717, 1.165) is 31.6 Å². The van der Waals surface area contributed by atoms with Crippen molar-refractivity contribution in [2.24, 2.45) is 5.92 Å². The average molecular weight is 296 g/mol. The zero-order valence-electron chi connectivity index (χ0n) is 12.6. The molecule has 0 aromatic heterocycles. The zero-order valence-corrected chi connectivity index (χ0v) is 13.4. The lowest BCUT2D eigenvalue weighted by atomic mass is 9.75. The van der Waals surface area contributed by atoms with Crippen molar-refractivity contribution in [3.63, 3.8) is 0 Å². The minimum atomic E-state index is -0.0456. The average Bonchev–Trinajstić information content (AvgIpc) is 2.40. The minimum absolute atomic E-state index is 0.0456. The number of rotatable bonds is 4. The molecular weight excluding hydrogens is 272 g/mol. The van der Waals surface area contributed by atoms with Gasteiger partial charge in [0.15, 0.2) is 0 Å². The maximum atomic E-state index is 6.06. The Balaban J connectivity index is 2.28. The Bertz CT molecular complexity index is 456. The van der Waals surface area contributed by atoms with Gasteiger partial charge < -0.3 is 9.47 Å². The van der Waals surface area contributed by atoms with Crippen LogP contribution in [0.25, 0.3) is 0 Å². The van der Waals surface area contributed by atoms with Gasteiger partial charge >= 0.3 is 0 Å².